The van der Waals surface area contributed by atoms with E-state index in [1.165, 1.54) is 0 Å². The zero-order valence-corrected chi connectivity index (χ0v) is 19.4. The molecule has 6 heteroatoms. The second kappa shape index (κ2) is 11.5. The summed E-state index contributed by atoms with van der Waals surface area (Å²) in [5.74, 6) is -0.358. The number of benzene rings is 2. The van der Waals surface area contributed by atoms with Crippen LogP contribution in [0.2, 0.25) is 0 Å². The Morgan fingerprint density at radius 2 is 1.55 bits per heavy atom. The van der Waals surface area contributed by atoms with Crippen molar-refractivity contribution in [3.8, 4) is 0 Å². The molecule has 0 fully saturated rings. The number of hydrogen-bond acceptors (Lipinski definition) is 4. The molecule has 2 rings (SSSR count). The van der Waals surface area contributed by atoms with Gasteiger partial charge < -0.3 is 19.9 Å². The highest BCUT2D eigenvalue weighted by Crippen LogP contribution is 2.12. The molecule has 0 radical (unpaired) electrons. The minimum absolute atomic E-state index is 0.0856. The van der Waals surface area contributed by atoms with E-state index in [0.717, 1.165) is 24.1 Å². The summed E-state index contributed by atoms with van der Waals surface area (Å²) < 4.78 is 5.39. The van der Waals surface area contributed by atoms with E-state index in [1.807, 2.05) is 82.2 Å². The van der Waals surface area contributed by atoms with Gasteiger partial charge in [-0.05, 0) is 71.1 Å². The van der Waals surface area contributed by atoms with Crippen molar-refractivity contribution in [2.75, 3.05) is 27.2 Å². The minimum Gasteiger partial charge on any atom is -0.457 e. The minimum atomic E-state index is -0.358. The first kappa shape index (κ1) is 24.4. The number of ether oxygens (including phenoxy) is 1. The van der Waals surface area contributed by atoms with Gasteiger partial charge in [-0.3, -0.25) is 0 Å². The molecule has 0 saturated heterocycles. The second-order valence-corrected chi connectivity index (χ2v) is 9.02. The Hall–Kier alpha value is -2.86. The van der Waals surface area contributed by atoms with E-state index in [2.05, 4.69) is 10.2 Å². The SMILES string of the molecule is CN(C)CCCN(Cc1ccc(C(=O)OCc2ccccc2)cc1)C(=O)NC(C)(C)C. The van der Waals surface area contributed by atoms with Gasteiger partial charge in [0.15, 0.2) is 0 Å². The van der Waals surface area contributed by atoms with Crippen molar-refractivity contribution in [2.45, 2.75) is 45.9 Å². The lowest BCUT2D eigenvalue weighted by molar-refractivity contribution is 0.0472. The topological polar surface area (TPSA) is 61.9 Å². The average Bonchev–Trinajstić information content (AvgIpc) is 2.71. The van der Waals surface area contributed by atoms with Crippen molar-refractivity contribution in [2.24, 2.45) is 0 Å². The molecule has 0 saturated carbocycles. The number of rotatable bonds is 9. The lowest BCUT2D eigenvalue weighted by Gasteiger charge is -2.29. The Kier molecular flexibility index (Phi) is 9.06. The standard InChI is InChI=1S/C25H35N3O3/c1-25(2,3)26-24(30)28(17-9-16-27(4)5)18-20-12-14-22(15-13-20)23(29)31-19-21-10-7-6-8-11-21/h6-8,10-15H,9,16-19H2,1-5H3,(H,26,30). The molecule has 2 aromatic rings. The first-order valence-electron chi connectivity index (χ1n) is 10.7. The van der Waals surface area contributed by atoms with Gasteiger partial charge in [0.1, 0.15) is 6.61 Å². The summed E-state index contributed by atoms with van der Waals surface area (Å²) in [6, 6.07) is 16.8. The fourth-order valence-electron chi connectivity index (χ4n) is 3.00. The van der Waals surface area contributed by atoms with Crippen molar-refractivity contribution < 1.29 is 14.3 Å². The van der Waals surface area contributed by atoms with Gasteiger partial charge in [-0.1, -0.05) is 42.5 Å². The summed E-state index contributed by atoms with van der Waals surface area (Å²) >= 11 is 0. The van der Waals surface area contributed by atoms with Crippen LogP contribution in [0.5, 0.6) is 0 Å². The molecule has 0 aliphatic heterocycles. The van der Waals surface area contributed by atoms with E-state index in [-0.39, 0.29) is 24.1 Å². The maximum atomic E-state index is 12.8. The van der Waals surface area contributed by atoms with Crippen LogP contribution in [0.3, 0.4) is 0 Å². The molecule has 6 nitrogen and oxygen atoms in total. The lowest BCUT2D eigenvalue weighted by atomic mass is 10.1. The van der Waals surface area contributed by atoms with Gasteiger partial charge in [0, 0.05) is 18.6 Å². The van der Waals surface area contributed by atoms with Crippen molar-refractivity contribution in [1.82, 2.24) is 15.1 Å². The van der Waals surface area contributed by atoms with Crippen LogP contribution in [0.4, 0.5) is 4.79 Å². The highest BCUT2D eigenvalue weighted by atomic mass is 16.5. The summed E-state index contributed by atoms with van der Waals surface area (Å²) in [6.45, 7) is 8.20. The number of amides is 2. The zero-order valence-electron chi connectivity index (χ0n) is 19.4. The number of nitrogens with zero attached hydrogens (tertiary/aromatic N) is 2. The summed E-state index contributed by atoms with van der Waals surface area (Å²) in [4.78, 5) is 29.0. The monoisotopic (exact) mass is 425 g/mol. The normalized spacial score (nSPS) is 11.3. The Bertz CT molecular complexity index is 827. The number of hydrogen-bond donors (Lipinski definition) is 1. The third kappa shape index (κ3) is 9.22. The number of esters is 1. The Morgan fingerprint density at radius 1 is 0.903 bits per heavy atom. The molecule has 31 heavy (non-hydrogen) atoms. The molecular weight excluding hydrogens is 390 g/mol. The molecule has 0 atom stereocenters. The second-order valence-electron chi connectivity index (χ2n) is 9.02. The molecule has 0 spiro atoms. The molecule has 2 amide bonds. The number of nitrogens with one attached hydrogen (secondary N) is 1. The third-order valence-corrected chi connectivity index (χ3v) is 4.58. The van der Waals surface area contributed by atoms with E-state index < -0.39 is 0 Å². The van der Waals surface area contributed by atoms with Gasteiger partial charge in [-0.25, -0.2) is 9.59 Å². The van der Waals surface area contributed by atoms with Crippen molar-refractivity contribution >= 4 is 12.0 Å². The molecule has 0 aromatic heterocycles. The Labute approximate surface area is 186 Å². The van der Waals surface area contributed by atoms with Crippen LogP contribution in [0.1, 0.15) is 48.7 Å². The molecule has 1 N–H and O–H groups in total. The van der Waals surface area contributed by atoms with Gasteiger partial charge in [0.05, 0.1) is 5.56 Å². The van der Waals surface area contributed by atoms with Gasteiger partial charge in [0.2, 0.25) is 0 Å². The molecule has 0 heterocycles. The predicted octanol–water partition coefficient (Wildman–Crippen LogP) is 4.31. The maximum Gasteiger partial charge on any atom is 0.338 e. The molecule has 0 unspecified atom stereocenters. The predicted molar refractivity (Wildman–Crippen MR) is 124 cm³/mol. The first-order valence-corrected chi connectivity index (χ1v) is 10.7. The Morgan fingerprint density at radius 3 is 2.13 bits per heavy atom. The van der Waals surface area contributed by atoms with Gasteiger partial charge >= 0.3 is 12.0 Å². The van der Waals surface area contributed by atoms with Crippen LogP contribution >= 0.6 is 0 Å². The molecule has 0 bridgehead atoms. The number of carbonyl (C=O) groups is 2. The van der Waals surface area contributed by atoms with Crippen LogP contribution < -0.4 is 5.32 Å². The van der Waals surface area contributed by atoms with E-state index >= 15 is 0 Å². The van der Waals surface area contributed by atoms with Gasteiger partial charge in [0.25, 0.3) is 0 Å². The van der Waals surface area contributed by atoms with E-state index in [1.54, 1.807) is 12.1 Å². The van der Waals surface area contributed by atoms with Crippen LogP contribution in [0.15, 0.2) is 54.6 Å². The molecule has 0 aliphatic rings. The maximum absolute atomic E-state index is 12.8. The molecule has 0 aliphatic carbocycles. The fourth-order valence-corrected chi connectivity index (χ4v) is 3.00. The molecule has 168 valence electrons. The summed E-state index contributed by atoms with van der Waals surface area (Å²) in [7, 11) is 4.05. The highest BCUT2D eigenvalue weighted by molar-refractivity contribution is 5.89. The van der Waals surface area contributed by atoms with Crippen molar-refractivity contribution in [3.05, 3.63) is 71.3 Å². The zero-order chi connectivity index (χ0) is 22.9. The van der Waals surface area contributed by atoms with Crippen LogP contribution in [-0.4, -0.2) is 54.5 Å². The van der Waals surface area contributed by atoms with E-state index in [4.69, 9.17) is 4.74 Å². The average molecular weight is 426 g/mol. The van der Waals surface area contributed by atoms with Gasteiger partial charge in [-0.2, -0.15) is 0 Å². The van der Waals surface area contributed by atoms with E-state index in [9.17, 15) is 9.59 Å². The summed E-state index contributed by atoms with van der Waals surface area (Å²) in [6.07, 6.45) is 0.883. The largest absolute Gasteiger partial charge is 0.457 e. The van der Waals surface area contributed by atoms with Crippen LogP contribution in [-0.2, 0) is 17.9 Å². The highest BCUT2D eigenvalue weighted by Gasteiger charge is 2.20. The summed E-state index contributed by atoms with van der Waals surface area (Å²) in [5, 5.41) is 3.04. The first-order chi connectivity index (χ1) is 14.6. The van der Waals surface area contributed by atoms with Gasteiger partial charge in [-0.15, -0.1) is 0 Å². The molecule has 2 aromatic carbocycles. The fraction of sp³-hybridized carbons (Fsp3) is 0.440. The summed E-state index contributed by atoms with van der Waals surface area (Å²) in [5.41, 5.74) is 2.11. The van der Waals surface area contributed by atoms with Crippen molar-refractivity contribution in [1.29, 1.82) is 0 Å². The number of urea groups is 1. The lowest BCUT2D eigenvalue weighted by Crippen LogP contribution is -2.48. The quantitative estimate of drug-likeness (QED) is 0.609. The smallest absolute Gasteiger partial charge is 0.338 e. The number of carbonyl (C=O) groups excluding carboxylic acids is 2. The van der Waals surface area contributed by atoms with E-state index in [0.29, 0.717) is 18.7 Å². The Balaban J connectivity index is 1.98. The molecular formula is C25H35N3O3. The van der Waals surface area contributed by atoms with Crippen LogP contribution in [0, 0.1) is 0 Å². The third-order valence-electron chi connectivity index (χ3n) is 4.58. The van der Waals surface area contributed by atoms with Crippen molar-refractivity contribution in [3.63, 3.8) is 0 Å². The van der Waals surface area contributed by atoms with Crippen LogP contribution in [0.25, 0.3) is 0 Å².